The maximum atomic E-state index is 14.4. The number of hydrogen-bond donors (Lipinski definition) is 4. The first-order chi connectivity index (χ1) is 26.6. The SMILES string of the molecule is CC[C@@H](O)[C@@](C)(O)[C@@H]1OC(=O)[C@H](C)[C@@H](O[C@H]2C[C@@](C)(OC)[C@@H](O)[C@H](C)O2)[C@H](C)[C@@H](O[C@@H]2O[C@H](C)C[C@H](N(C)Cc3ccc(I)cc3)[C@H]2O)[C@@]2(C)C[C@@H](C)[C@H](O2)[C@@H]1C. The summed E-state index contributed by atoms with van der Waals surface area (Å²) in [5, 5.41) is 46.0. The van der Waals surface area contributed by atoms with Crippen LogP contribution >= 0.6 is 22.6 Å². The van der Waals surface area contributed by atoms with Crippen LogP contribution in [0.15, 0.2) is 24.3 Å². The second-order valence-electron chi connectivity index (χ2n) is 18.3. The van der Waals surface area contributed by atoms with Gasteiger partial charge >= 0.3 is 5.97 Å². The average Bonchev–Trinajstić information content (AvgIpc) is 3.48. The van der Waals surface area contributed by atoms with E-state index in [0.29, 0.717) is 19.4 Å². The number of halogens is 1. The van der Waals surface area contributed by atoms with Gasteiger partial charge in [-0.15, -0.1) is 0 Å². The molecule has 4 saturated heterocycles. The average molecular weight is 920 g/mol. The van der Waals surface area contributed by atoms with Crippen LogP contribution in [0.25, 0.3) is 0 Å². The molecule has 4 aliphatic heterocycles. The van der Waals surface area contributed by atoms with Crippen LogP contribution in [0.1, 0.15) is 100 Å². The van der Waals surface area contributed by atoms with Crippen LogP contribution in [0, 0.1) is 27.2 Å². The van der Waals surface area contributed by atoms with E-state index in [0.717, 1.165) is 9.13 Å². The van der Waals surface area contributed by atoms with E-state index in [4.69, 9.17) is 33.2 Å². The van der Waals surface area contributed by atoms with E-state index < -0.39 is 102 Å². The number of rotatable bonds is 11. The van der Waals surface area contributed by atoms with Gasteiger partial charge in [-0.2, -0.15) is 0 Å². The summed E-state index contributed by atoms with van der Waals surface area (Å²) in [5.74, 6) is -2.76. The summed E-state index contributed by atoms with van der Waals surface area (Å²) in [5.41, 5.74) is -2.66. The third-order valence-electron chi connectivity index (χ3n) is 13.6. The molecule has 0 saturated carbocycles. The predicted octanol–water partition coefficient (Wildman–Crippen LogP) is 4.80. The van der Waals surface area contributed by atoms with Crippen molar-refractivity contribution in [2.75, 3.05) is 14.2 Å². The lowest BCUT2D eigenvalue weighted by atomic mass is 9.76. The fourth-order valence-corrected chi connectivity index (χ4v) is 10.5. The van der Waals surface area contributed by atoms with Gasteiger partial charge in [-0.3, -0.25) is 9.69 Å². The Morgan fingerprint density at radius 1 is 1.02 bits per heavy atom. The molecular formula is C43H70INO12. The molecule has 4 heterocycles. The highest BCUT2D eigenvalue weighted by Gasteiger charge is 2.59. The molecule has 0 unspecified atom stereocenters. The fraction of sp³-hybridized carbons (Fsp3) is 0.837. The molecule has 0 aromatic heterocycles. The van der Waals surface area contributed by atoms with Gasteiger partial charge in [0.15, 0.2) is 12.6 Å². The highest BCUT2D eigenvalue weighted by molar-refractivity contribution is 14.1. The zero-order valence-corrected chi connectivity index (χ0v) is 38.1. The van der Waals surface area contributed by atoms with Crippen molar-refractivity contribution in [3.8, 4) is 0 Å². The number of likely N-dealkylation sites (N-methyl/N-ethyl adjacent to an activating group) is 1. The van der Waals surface area contributed by atoms with Gasteiger partial charge in [0.1, 0.15) is 23.9 Å². The van der Waals surface area contributed by atoms with Crippen LogP contribution in [-0.4, -0.2) is 136 Å². The van der Waals surface area contributed by atoms with Crippen LogP contribution in [0.4, 0.5) is 0 Å². The number of ether oxygens (including phenoxy) is 7. The van der Waals surface area contributed by atoms with Crippen molar-refractivity contribution >= 4 is 28.6 Å². The monoisotopic (exact) mass is 919 g/mol. The number of esters is 1. The van der Waals surface area contributed by atoms with Gasteiger partial charge in [-0.25, -0.2) is 0 Å². The van der Waals surface area contributed by atoms with Crippen LogP contribution < -0.4 is 0 Å². The van der Waals surface area contributed by atoms with E-state index in [1.54, 1.807) is 27.7 Å². The van der Waals surface area contributed by atoms with Gasteiger partial charge in [0.25, 0.3) is 0 Å². The highest BCUT2D eigenvalue weighted by Crippen LogP contribution is 2.48. The Hall–Kier alpha value is -1.02. The van der Waals surface area contributed by atoms with E-state index in [1.807, 2.05) is 34.7 Å². The number of aliphatic hydroxyl groups excluding tert-OH is 3. The molecule has 4 N–H and O–H groups in total. The maximum Gasteiger partial charge on any atom is 0.311 e. The van der Waals surface area contributed by atoms with Crippen LogP contribution in [0.5, 0.6) is 0 Å². The first-order valence-corrected chi connectivity index (χ1v) is 21.9. The van der Waals surface area contributed by atoms with Gasteiger partial charge < -0.3 is 53.6 Å². The van der Waals surface area contributed by atoms with E-state index >= 15 is 0 Å². The van der Waals surface area contributed by atoms with E-state index in [2.05, 4.69) is 58.7 Å². The fourth-order valence-electron chi connectivity index (χ4n) is 10.1. The molecule has 4 fully saturated rings. The number of carbonyl (C=O) groups is 1. The summed E-state index contributed by atoms with van der Waals surface area (Å²) in [6.07, 6.45) is -7.73. The van der Waals surface area contributed by atoms with Gasteiger partial charge in [0.05, 0.1) is 53.7 Å². The van der Waals surface area contributed by atoms with Gasteiger partial charge in [0.2, 0.25) is 0 Å². The van der Waals surface area contributed by atoms with E-state index in [-0.39, 0.29) is 30.9 Å². The first-order valence-electron chi connectivity index (χ1n) is 20.8. The number of benzene rings is 1. The Morgan fingerprint density at radius 3 is 2.28 bits per heavy atom. The van der Waals surface area contributed by atoms with Gasteiger partial charge in [-0.1, -0.05) is 39.8 Å². The number of cyclic esters (lactones) is 1. The number of methoxy groups -OCH3 is 1. The first kappa shape index (κ1) is 47.0. The van der Waals surface area contributed by atoms with Crippen molar-refractivity contribution < 1.29 is 58.4 Å². The van der Waals surface area contributed by atoms with Crippen molar-refractivity contribution in [3.63, 3.8) is 0 Å². The molecule has 13 nitrogen and oxygen atoms in total. The quantitative estimate of drug-likeness (QED) is 0.177. The second kappa shape index (κ2) is 18.5. The summed E-state index contributed by atoms with van der Waals surface area (Å²) in [7, 11) is 3.53. The lowest BCUT2D eigenvalue weighted by molar-refractivity contribution is -0.318. The van der Waals surface area contributed by atoms with Crippen molar-refractivity contribution in [2.24, 2.45) is 23.7 Å². The van der Waals surface area contributed by atoms with E-state index in [1.165, 1.54) is 14.0 Å². The highest BCUT2D eigenvalue weighted by atomic mass is 127. The molecule has 1 aromatic rings. The predicted molar refractivity (Wildman–Crippen MR) is 221 cm³/mol. The Morgan fingerprint density at radius 2 is 1.67 bits per heavy atom. The third-order valence-corrected chi connectivity index (χ3v) is 14.3. The molecule has 57 heavy (non-hydrogen) atoms. The zero-order valence-electron chi connectivity index (χ0n) is 36.0. The molecule has 0 aliphatic carbocycles. The molecule has 4 aliphatic rings. The topological polar surface area (TPSA) is 166 Å². The normalized spacial score (nSPS) is 44.9. The van der Waals surface area contributed by atoms with Gasteiger partial charge in [0, 0.05) is 41.5 Å². The summed E-state index contributed by atoms with van der Waals surface area (Å²) in [6, 6.07) is 8.04. The number of nitrogens with zero attached hydrogens (tertiary/aromatic N) is 1. The summed E-state index contributed by atoms with van der Waals surface area (Å²) in [6.45, 7) is 19.0. The van der Waals surface area contributed by atoms with Crippen LogP contribution in [0.3, 0.4) is 0 Å². The molecule has 0 spiro atoms. The van der Waals surface area contributed by atoms with Crippen molar-refractivity contribution in [1.82, 2.24) is 4.90 Å². The molecule has 19 atom stereocenters. The second-order valence-corrected chi connectivity index (χ2v) is 19.6. The largest absolute Gasteiger partial charge is 0.459 e. The molecule has 0 amide bonds. The maximum absolute atomic E-state index is 14.4. The number of carbonyl (C=O) groups excluding carboxylic acids is 1. The summed E-state index contributed by atoms with van der Waals surface area (Å²) >= 11 is 2.29. The minimum absolute atomic E-state index is 0.0781. The summed E-state index contributed by atoms with van der Waals surface area (Å²) in [4.78, 5) is 16.6. The minimum atomic E-state index is -1.80. The van der Waals surface area contributed by atoms with Crippen LogP contribution in [0.2, 0.25) is 0 Å². The molecular weight excluding hydrogens is 849 g/mol. The lowest BCUT2D eigenvalue weighted by Gasteiger charge is -2.48. The Bertz CT molecular complexity index is 1490. The van der Waals surface area contributed by atoms with Crippen LogP contribution in [-0.2, 0) is 44.5 Å². The molecule has 14 heteroatoms. The Balaban J connectivity index is 1.55. The smallest absolute Gasteiger partial charge is 0.311 e. The summed E-state index contributed by atoms with van der Waals surface area (Å²) < 4.78 is 46.9. The van der Waals surface area contributed by atoms with E-state index in [9.17, 15) is 25.2 Å². The Kier molecular flexibility index (Phi) is 15.3. The molecule has 1 aromatic carbocycles. The van der Waals surface area contributed by atoms with Crippen molar-refractivity contribution in [1.29, 1.82) is 0 Å². The molecule has 2 bridgehead atoms. The molecule has 5 rings (SSSR count). The van der Waals surface area contributed by atoms with Gasteiger partial charge in [-0.05, 0) is 114 Å². The number of hydrogen-bond acceptors (Lipinski definition) is 13. The van der Waals surface area contributed by atoms with Crippen molar-refractivity contribution in [3.05, 3.63) is 33.4 Å². The number of aliphatic hydroxyl groups is 4. The minimum Gasteiger partial charge on any atom is -0.459 e. The lowest BCUT2D eigenvalue weighted by Crippen LogP contribution is -2.60. The third kappa shape index (κ3) is 9.88. The molecule has 0 radical (unpaired) electrons. The van der Waals surface area contributed by atoms with Crippen molar-refractivity contribution in [2.45, 2.75) is 192 Å². The zero-order chi connectivity index (χ0) is 42.4. The number of fused-ring (bicyclic) bond motifs is 2. The molecule has 326 valence electrons. The Labute approximate surface area is 353 Å². The standard InChI is InChI=1S/C43H70INO12/c1-13-31(46)43(10,50)38-24(4)34-22(2)19-42(9,57-34)37(56-40-33(47)30(18-23(3)52-40)45(11)21-28-14-16-29(44)17-15-28)25(5)35(26(6)39(49)55-38)54-32-20-41(8,51-12)36(48)27(7)53-32/h14-17,22-27,30-38,40,46-48,50H,13,18-21H2,1-12H3/t22-,23-,24+,25+,26-,27+,30+,31-,32+,33-,34+,35+,36+,37-,38-,40+,41-,42-,43-/m1/s1.